The number of rotatable bonds is 8. The fraction of sp³-hybridized carbons (Fsp3) is 0.600. The van der Waals surface area contributed by atoms with Crippen LogP contribution in [-0.4, -0.2) is 36.0 Å². The standard InChI is InChI=1S/2C5H9NO4.4Na/c2*6-3(5(9)10)1-2-4(7)8;;;;/h2*3H,1-2,6H2,(H,7,8)(H,9,10);;;;/q;;4*+1/p-4. The van der Waals surface area contributed by atoms with Crippen molar-refractivity contribution >= 4 is 23.9 Å². The quantitative estimate of drug-likeness (QED) is 0.378. The summed E-state index contributed by atoms with van der Waals surface area (Å²) >= 11 is 0. The Bertz CT molecular complexity index is 339. The van der Waals surface area contributed by atoms with Crippen LogP contribution in [0.25, 0.3) is 0 Å². The van der Waals surface area contributed by atoms with Crippen molar-refractivity contribution in [1.29, 1.82) is 0 Å². The molecule has 0 heterocycles. The van der Waals surface area contributed by atoms with Crippen molar-refractivity contribution in [1.82, 2.24) is 0 Å². The molecule has 14 heteroatoms. The first-order valence-electron chi connectivity index (χ1n) is 5.40. The Hall–Kier alpha value is 1.80. The van der Waals surface area contributed by atoms with Gasteiger partial charge in [0.2, 0.25) is 0 Å². The first kappa shape index (κ1) is 40.5. The van der Waals surface area contributed by atoms with E-state index in [0.717, 1.165) is 0 Å². The summed E-state index contributed by atoms with van der Waals surface area (Å²) in [5, 5.41) is 39.2. The maximum absolute atomic E-state index is 9.86. The maximum atomic E-state index is 9.86. The smallest absolute Gasteiger partial charge is 0.550 e. The topological polar surface area (TPSA) is 213 Å². The molecule has 0 radical (unpaired) electrons. The van der Waals surface area contributed by atoms with Gasteiger partial charge < -0.3 is 51.1 Å². The van der Waals surface area contributed by atoms with Gasteiger partial charge in [0.25, 0.3) is 0 Å². The number of nitrogens with two attached hydrogens (primary N) is 2. The van der Waals surface area contributed by atoms with Crippen molar-refractivity contribution < 1.29 is 158 Å². The monoisotopic (exact) mass is 382 g/mol. The van der Waals surface area contributed by atoms with E-state index in [1.807, 2.05) is 0 Å². The minimum atomic E-state index is -1.44. The van der Waals surface area contributed by atoms with Gasteiger partial charge in [-0.05, 0) is 25.7 Å². The Balaban J connectivity index is -0.0000000579. The predicted octanol–water partition coefficient (Wildman–Crippen LogP) is -18.8. The van der Waals surface area contributed by atoms with Crippen molar-refractivity contribution in [2.75, 3.05) is 0 Å². The van der Waals surface area contributed by atoms with E-state index in [1.165, 1.54) is 0 Å². The number of carboxylic acid groups (broad SMARTS) is 4. The molecule has 116 valence electrons. The normalized spacial score (nSPS) is 10.4. The van der Waals surface area contributed by atoms with E-state index in [2.05, 4.69) is 0 Å². The van der Waals surface area contributed by atoms with Gasteiger partial charge in [0.15, 0.2) is 0 Å². The molecule has 10 nitrogen and oxygen atoms in total. The van der Waals surface area contributed by atoms with Crippen molar-refractivity contribution in [2.24, 2.45) is 11.5 Å². The van der Waals surface area contributed by atoms with Crippen LogP contribution in [0.4, 0.5) is 0 Å². The zero-order chi connectivity index (χ0) is 16.3. The van der Waals surface area contributed by atoms with Crippen LogP contribution in [0.2, 0.25) is 0 Å². The fourth-order valence-corrected chi connectivity index (χ4v) is 0.782. The third kappa shape index (κ3) is 31.6. The average molecular weight is 382 g/mol. The molecule has 2 unspecified atom stereocenters. The van der Waals surface area contributed by atoms with Crippen LogP contribution < -0.4 is 150 Å². The van der Waals surface area contributed by atoms with Crippen LogP contribution in [0.15, 0.2) is 0 Å². The molecular formula is C10H14N2Na4O8. The van der Waals surface area contributed by atoms with Gasteiger partial charge in [-0.3, -0.25) is 0 Å². The molecule has 0 aliphatic heterocycles. The van der Waals surface area contributed by atoms with Gasteiger partial charge in [0.1, 0.15) is 0 Å². The Morgan fingerprint density at radius 3 is 0.958 bits per heavy atom. The molecule has 0 spiro atoms. The molecule has 0 amide bonds. The van der Waals surface area contributed by atoms with E-state index in [4.69, 9.17) is 11.5 Å². The number of carboxylic acids is 4. The summed E-state index contributed by atoms with van der Waals surface area (Å²) < 4.78 is 0. The van der Waals surface area contributed by atoms with Crippen LogP contribution in [0.5, 0.6) is 0 Å². The minimum absolute atomic E-state index is 0. The Morgan fingerprint density at radius 2 is 0.833 bits per heavy atom. The summed E-state index contributed by atoms with van der Waals surface area (Å²) in [5.41, 5.74) is 9.82. The summed E-state index contributed by atoms with van der Waals surface area (Å²) in [6.45, 7) is 0. The molecule has 0 bridgehead atoms. The predicted molar refractivity (Wildman–Crippen MR) is 54.4 cm³/mol. The summed E-state index contributed by atoms with van der Waals surface area (Å²) in [6, 6.07) is -2.42. The van der Waals surface area contributed by atoms with E-state index >= 15 is 0 Å². The van der Waals surface area contributed by atoms with Crippen molar-refractivity contribution in [3.63, 3.8) is 0 Å². The van der Waals surface area contributed by atoms with Gasteiger partial charge >= 0.3 is 118 Å². The third-order valence-corrected chi connectivity index (χ3v) is 1.92. The van der Waals surface area contributed by atoms with Crippen molar-refractivity contribution in [3.8, 4) is 0 Å². The summed E-state index contributed by atoms with van der Waals surface area (Å²) in [7, 11) is 0. The first-order chi connectivity index (χ1) is 9.07. The van der Waals surface area contributed by atoms with Crippen LogP contribution in [0.1, 0.15) is 25.7 Å². The summed E-state index contributed by atoms with van der Waals surface area (Å²) in [5.74, 6) is -5.50. The molecule has 2 atom stereocenters. The van der Waals surface area contributed by atoms with E-state index in [9.17, 15) is 39.6 Å². The molecule has 0 aliphatic rings. The molecule has 0 saturated carbocycles. The zero-order valence-corrected chi connectivity index (χ0v) is 22.4. The molecule has 0 aromatic carbocycles. The second-order valence-corrected chi connectivity index (χ2v) is 3.67. The van der Waals surface area contributed by atoms with Gasteiger partial charge in [-0.1, -0.05) is 0 Å². The Kier molecular flexibility index (Phi) is 41.8. The Labute approximate surface area is 227 Å². The molecular weight excluding hydrogens is 368 g/mol. The van der Waals surface area contributed by atoms with E-state index < -0.39 is 36.0 Å². The number of hydrogen-bond donors (Lipinski definition) is 2. The zero-order valence-electron chi connectivity index (χ0n) is 14.4. The van der Waals surface area contributed by atoms with E-state index in [-0.39, 0.29) is 144 Å². The molecule has 0 aromatic rings. The Morgan fingerprint density at radius 1 is 0.625 bits per heavy atom. The minimum Gasteiger partial charge on any atom is -0.550 e. The van der Waals surface area contributed by atoms with Crippen LogP contribution in [-0.2, 0) is 19.2 Å². The third-order valence-electron chi connectivity index (χ3n) is 1.92. The second-order valence-electron chi connectivity index (χ2n) is 3.67. The number of aliphatic carboxylic acids is 4. The van der Waals surface area contributed by atoms with Gasteiger partial charge in [0.05, 0.1) is 11.9 Å². The molecule has 0 rings (SSSR count). The molecule has 0 saturated heterocycles. The van der Waals surface area contributed by atoms with Gasteiger partial charge in [-0.2, -0.15) is 0 Å². The summed E-state index contributed by atoms with van der Waals surface area (Å²) in [4.78, 5) is 39.2. The number of hydrogen-bond acceptors (Lipinski definition) is 10. The molecule has 24 heavy (non-hydrogen) atoms. The van der Waals surface area contributed by atoms with Crippen LogP contribution >= 0.6 is 0 Å². The largest absolute Gasteiger partial charge is 1.00 e. The molecule has 0 aromatic heterocycles. The van der Waals surface area contributed by atoms with Crippen LogP contribution in [0.3, 0.4) is 0 Å². The van der Waals surface area contributed by atoms with E-state index in [0.29, 0.717) is 0 Å². The number of carbonyl (C=O) groups excluding carboxylic acids is 4. The second kappa shape index (κ2) is 24.8. The number of carbonyl (C=O) groups is 4. The van der Waals surface area contributed by atoms with Gasteiger partial charge in [-0.15, -0.1) is 0 Å². The maximum Gasteiger partial charge on any atom is 1.00 e. The SMILES string of the molecule is NC(CCC(=O)[O-])C(=O)[O-].NC(CCC(=O)[O-])C(=O)[O-].[Na+].[Na+].[Na+].[Na+]. The average Bonchev–Trinajstić information content (AvgIpc) is 2.33. The fourth-order valence-electron chi connectivity index (χ4n) is 0.782. The van der Waals surface area contributed by atoms with Crippen LogP contribution in [0, 0.1) is 0 Å². The van der Waals surface area contributed by atoms with Crippen molar-refractivity contribution in [2.45, 2.75) is 37.8 Å². The summed E-state index contributed by atoms with van der Waals surface area (Å²) in [6.07, 6.45) is -1.00. The molecule has 4 N–H and O–H groups in total. The van der Waals surface area contributed by atoms with Gasteiger partial charge in [-0.25, -0.2) is 0 Å². The van der Waals surface area contributed by atoms with E-state index in [1.54, 1.807) is 0 Å². The molecule has 0 fully saturated rings. The first-order valence-corrected chi connectivity index (χ1v) is 5.40. The molecule has 0 aliphatic carbocycles. The van der Waals surface area contributed by atoms with Crippen molar-refractivity contribution in [3.05, 3.63) is 0 Å². The van der Waals surface area contributed by atoms with Gasteiger partial charge in [0, 0.05) is 24.0 Å².